The second-order valence-electron chi connectivity index (χ2n) is 11.0. The van der Waals surface area contributed by atoms with E-state index in [2.05, 4.69) is 48.3 Å². The van der Waals surface area contributed by atoms with Gasteiger partial charge in [0.2, 0.25) is 0 Å². The normalized spacial score (nSPS) is 21.8. The zero-order chi connectivity index (χ0) is 27.1. The number of aryl methyl sites for hydroxylation is 2. The molecule has 0 aliphatic carbocycles. The lowest BCUT2D eigenvalue weighted by Gasteiger charge is -2.24. The van der Waals surface area contributed by atoms with Crippen molar-refractivity contribution in [3.8, 4) is 0 Å². The molecule has 40 heavy (non-hydrogen) atoms. The Labute approximate surface area is 245 Å². The molecule has 6 N–H and O–H groups in total. The highest BCUT2D eigenvalue weighted by molar-refractivity contribution is 5.85. The second kappa shape index (κ2) is 12.9. The lowest BCUT2D eigenvalue weighted by Crippen LogP contribution is -2.39. The van der Waals surface area contributed by atoms with E-state index in [0.717, 1.165) is 46.0 Å². The van der Waals surface area contributed by atoms with Crippen LogP contribution in [-0.2, 0) is 13.1 Å². The van der Waals surface area contributed by atoms with Crippen molar-refractivity contribution >= 4 is 46.9 Å². The molecule has 0 saturated carbocycles. The van der Waals surface area contributed by atoms with Crippen LogP contribution in [0.3, 0.4) is 0 Å². The summed E-state index contributed by atoms with van der Waals surface area (Å²) in [5.74, 6) is 0. The van der Waals surface area contributed by atoms with Crippen LogP contribution in [0.2, 0.25) is 0 Å². The number of H-pyrrole nitrogens is 2. The topological polar surface area (TPSA) is 140 Å². The molecule has 4 heterocycles. The van der Waals surface area contributed by atoms with Gasteiger partial charge in [-0.25, -0.2) is 9.59 Å². The number of rotatable bonds is 4. The van der Waals surface area contributed by atoms with Crippen LogP contribution >= 0.6 is 24.8 Å². The first-order valence-electron chi connectivity index (χ1n) is 13.5. The summed E-state index contributed by atoms with van der Waals surface area (Å²) in [4.78, 5) is 29.6. The van der Waals surface area contributed by atoms with Crippen molar-refractivity contribution in [3.63, 3.8) is 0 Å². The first-order chi connectivity index (χ1) is 18.2. The molecular formula is C28H40Cl2N6O4. The molecule has 2 aromatic carbocycles. The van der Waals surface area contributed by atoms with E-state index in [-0.39, 0.29) is 48.3 Å². The predicted molar refractivity (Wildman–Crippen MR) is 163 cm³/mol. The third-order valence-electron chi connectivity index (χ3n) is 7.47. The number of nitrogens with one attached hydrogen (secondary N) is 4. The van der Waals surface area contributed by atoms with Crippen molar-refractivity contribution < 1.29 is 10.2 Å². The Morgan fingerprint density at radius 1 is 0.725 bits per heavy atom. The van der Waals surface area contributed by atoms with Crippen LogP contribution < -0.4 is 22.0 Å². The first-order valence-corrected chi connectivity index (χ1v) is 13.5. The molecule has 220 valence electrons. The monoisotopic (exact) mass is 600 g/mol. The van der Waals surface area contributed by atoms with E-state index in [1.807, 2.05) is 36.4 Å². The largest absolute Gasteiger partial charge is 0.387 e. The predicted octanol–water partition coefficient (Wildman–Crippen LogP) is 3.11. The quantitative estimate of drug-likeness (QED) is 0.199. The number of nitrogens with zero attached hydrogens (tertiary/aromatic N) is 2. The minimum atomic E-state index is -0.588. The fourth-order valence-electron chi connectivity index (χ4n) is 5.89. The highest BCUT2D eigenvalue weighted by Gasteiger charge is 2.29. The van der Waals surface area contributed by atoms with Crippen LogP contribution in [0.4, 0.5) is 0 Å². The van der Waals surface area contributed by atoms with E-state index in [4.69, 9.17) is 0 Å². The average Bonchev–Trinajstić information content (AvgIpc) is 3.27. The van der Waals surface area contributed by atoms with Crippen LogP contribution in [0.15, 0.2) is 46.0 Å². The highest BCUT2D eigenvalue weighted by atomic mass is 35.5. The summed E-state index contributed by atoms with van der Waals surface area (Å²) in [6.07, 6.45) is 0.298. The van der Waals surface area contributed by atoms with E-state index in [1.54, 1.807) is 9.13 Å². The Kier molecular flexibility index (Phi) is 10.3. The number of aromatic nitrogens is 4. The second-order valence-corrected chi connectivity index (χ2v) is 11.0. The molecule has 2 aliphatic rings. The Bertz CT molecular complexity index is 1440. The number of benzene rings is 2. The van der Waals surface area contributed by atoms with Crippen LogP contribution in [-0.4, -0.2) is 53.5 Å². The molecule has 0 amide bonds. The molecule has 10 nitrogen and oxygen atoms in total. The zero-order valence-corrected chi connectivity index (χ0v) is 24.8. The first kappa shape index (κ1) is 31.9. The number of halogens is 2. The number of aliphatic hydroxyl groups excluding tert-OH is 2. The minimum absolute atomic E-state index is 0. The molecule has 0 unspecified atom stereocenters. The van der Waals surface area contributed by atoms with Gasteiger partial charge in [-0.15, -0.1) is 24.8 Å². The van der Waals surface area contributed by atoms with Crippen molar-refractivity contribution in [2.24, 2.45) is 0 Å². The highest BCUT2D eigenvalue weighted by Crippen LogP contribution is 2.31. The van der Waals surface area contributed by atoms with E-state index in [1.165, 1.54) is 0 Å². The van der Waals surface area contributed by atoms with Crippen molar-refractivity contribution in [1.82, 2.24) is 29.7 Å². The number of hydrogen-bond acceptors (Lipinski definition) is 6. The maximum Gasteiger partial charge on any atom is 0.326 e. The molecule has 2 aromatic heterocycles. The van der Waals surface area contributed by atoms with Crippen molar-refractivity contribution in [3.05, 3.63) is 68.5 Å². The van der Waals surface area contributed by atoms with E-state index in [0.29, 0.717) is 25.2 Å². The van der Waals surface area contributed by atoms with E-state index < -0.39 is 12.2 Å². The van der Waals surface area contributed by atoms with Crippen LogP contribution in [0.25, 0.3) is 22.1 Å². The van der Waals surface area contributed by atoms with Gasteiger partial charge in [0, 0.05) is 48.4 Å². The van der Waals surface area contributed by atoms with Gasteiger partial charge in [-0.05, 0) is 25.0 Å². The van der Waals surface area contributed by atoms with E-state index >= 15 is 0 Å². The molecule has 4 aromatic rings. The van der Waals surface area contributed by atoms with Gasteiger partial charge in [0.1, 0.15) is 0 Å². The standard InChI is InChI=1S/2C14H19N3O2.2ClH/c2*1-8(2)15-11-6-7-17-12-9(13(11)18)4-3-5-10(12)16-14(17)19;;/h2*3-5,8,11,13,15,18H,6-7H2,1-2H3,(H,16,19);2*1H/t2*11-,13-;;/m10../s1/i2*1+1,2+1,8+1;;. The Hall–Kier alpha value is -2.60. The van der Waals surface area contributed by atoms with Crippen molar-refractivity contribution in [1.29, 1.82) is 0 Å². The Balaban J connectivity index is 0.000000210. The summed E-state index contributed by atoms with van der Waals surface area (Å²) in [6.45, 7) is 9.49. The molecule has 0 fully saturated rings. The summed E-state index contributed by atoms with van der Waals surface area (Å²) >= 11 is 0. The maximum atomic E-state index is 11.9. The maximum absolute atomic E-state index is 11.9. The number of hydrogen-bond donors (Lipinski definition) is 6. The summed E-state index contributed by atoms with van der Waals surface area (Å²) in [7, 11) is 0. The van der Waals surface area contributed by atoms with Gasteiger partial charge in [-0.1, -0.05) is 52.0 Å². The van der Waals surface area contributed by atoms with E-state index in [9.17, 15) is 19.8 Å². The Morgan fingerprint density at radius 2 is 1.10 bits per heavy atom. The molecule has 6 rings (SSSR count). The Morgan fingerprint density at radius 3 is 1.45 bits per heavy atom. The summed E-state index contributed by atoms with van der Waals surface area (Å²) in [5, 5.41) is 27.9. The minimum Gasteiger partial charge on any atom is -0.387 e. The van der Waals surface area contributed by atoms with Crippen molar-refractivity contribution in [2.75, 3.05) is 0 Å². The van der Waals surface area contributed by atoms with Gasteiger partial charge in [-0.3, -0.25) is 9.13 Å². The lowest BCUT2D eigenvalue weighted by molar-refractivity contribution is 0.121. The van der Waals surface area contributed by atoms with Gasteiger partial charge in [0.25, 0.3) is 0 Å². The van der Waals surface area contributed by atoms with Crippen LogP contribution in [0.5, 0.6) is 0 Å². The number of aromatic amines is 2. The molecule has 0 spiro atoms. The van der Waals surface area contributed by atoms with Gasteiger partial charge < -0.3 is 30.8 Å². The third kappa shape index (κ3) is 6.02. The molecule has 0 saturated heterocycles. The number of aliphatic hydroxyl groups is 2. The molecule has 0 bridgehead atoms. The van der Waals surface area contributed by atoms with Crippen LogP contribution in [0.1, 0.15) is 63.9 Å². The third-order valence-corrected chi connectivity index (χ3v) is 7.47. The van der Waals surface area contributed by atoms with Crippen LogP contribution in [0, 0.1) is 0 Å². The smallest absolute Gasteiger partial charge is 0.326 e. The van der Waals surface area contributed by atoms with Gasteiger partial charge in [-0.2, -0.15) is 0 Å². The molecule has 12 heteroatoms. The fraction of sp³-hybridized carbons (Fsp3) is 0.500. The van der Waals surface area contributed by atoms with Gasteiger partial charge in [0.05, 0.1) is 34.3 Å². The van der Waals surface area contributed by atoms with Crippen molar-refractivity contribution in [2.45, 2.75) is 90.0 Å². The van der Waals surface area contributed by atoms with Gasteiger partial charge in [0.15, 0.2) is 0 Å². The summed E-state index contributed by atoms with van der Waals surface area (Å²) in [6, 6.07) is 11.9. The van der Waals surface area contributed by atoms with Gasteiger partial charge >= 0.3 is 11.4 Å². The molecule has 2 aliphatic heterocycles. The zero-order valence-electron chi connectivity index (χ0n) is 23.2. The average molecular weight is 602 g/mol. The number of para-hydroxylation sites is 2. The lowest BCUT2D eigenvalue weighted by atomic mass is 10.0. The SMILES string of the molecule is Cl.Cl.[13CH3][13CH]([13CH3])N[C@@H]1CCn2c(=O)[nH]c3cccc(c32)[C@H]1O.[13CH3][13CH]([13CH3])N[C@H]1CCn2c(=O)[nH]c3cccc(c32)[C@@H]1O. The fourth-order valence-corrected chi connectivity index (χ4v) is 5.89. The summed E-state index contributed by atoms with van der Waals surface area (Å²) in [5.41, 5.74) is 4.73. The molecule has 0 radical (unpaired) electrons. The molecular weight excluding hydrogens is 561 g/mol. The summed E-state index contributed by atoms with van der Waals surface area (Å²) < 4.78 is 3.46. The molecule has 4 atom stereocenters. The number of imidazole rings is 2.